The van der Waals surface area contributed by atoms with Crippen LogP contribution >= 0.6 is 12.2 Å². The Morgan fingerprint density at radius 1 is 1.35 bits per heavy atom. The van der Waals surface area contributed by atoms with Crippen molar-refractivity contribution < 1.29 is 14.3 Å². The standard InChI is InChI=1S/C16H15N3O3S/c1-3-7-12-15(21)13(10-14(20)22-2)19(18-12)16(23)17-11-8-5-4-6-9-11/h3-10H,1-2H3,(H,17,23)/b7-3+,13-10+. The molecular weight excluding hydrogens is 314 g/mol. The second kappa shape index (κ2) is 7.46. The van der Waals surface area contributed by atoms with Crippen LogP contribution in [0.25, 0.3) is 0 Å². The number of hydrazone groups is 1. The maximum atomic E-state index is 12.3. The molecule has 6 nitrogen and oxygen atoms in total. The Morgan fingerprint density at radius 2 is 2.04 bits per heavy atom. The fraction of sp³-hybridized carbons (Fsp3) is 0.125. The van der Waals surface area contributed by atoms with Gasteiger partial charge in [-0.25, -0.2) is 9.80 Å². The number of carbonyl (C=O) groups excluding carboxylic acids is 2. The third-order valence-corrected chi connectivity index (χ3v) is 3.17. The number of carbonyl (C=O) groups is 2. The summed E-state index contributed by atoms with van der Waals surface area (Å²) in [6.45, 7) is 1.77. The number of nitrogens with zero attached hydrogens (tertiary/aromatic N) is 2. The largest absolute Gasteiger partial charge is 0.466 e. The van der Waals surface area contributed by atoms with Gasteiger partial charge in [0.05, 0.1) is 13.2 Å². The molecule has 23 heavy (non-hydrogen) atoms. The highest BCUT2D eigenvalue weighted by Crippen LogP contribution is 2.19. The number of anilines is 1. The number of allylic oxidation sites excluding steroid dienone is 3. The SMILES string of the molecule is C/C=C/C1=NN(C(=S)Nc2ccccc2)/C(=C/C(=O)OC)C1=O. The van der Waals surface area contributed by atoms with Crippen molar-refractivity contribution >= 4 is 40.5 Å². The molecule has 0 amide bonds. The second-order valence-electron chi connectivity index (χ2n) is 4.48. The van der Waals surface area contributed by atoms with Gasteiger partial charge in [-0.1, -0.05) is 24.3 Å². The third kappa shape index (κ3) is 3.89. The van der Waals surface area contributed by atoms with E-state index >= 15 is 0 Å². The summed E-state index contributed by atoms with van der Waals surface area (Å²) in [4.78, 5) is 23.8. The molecule has 0 spiro atoms. The highest BCUT2D eigenvalue weighted by Gasteiger charge is 2.32. The molecule has 0 unspecified atom stereocenters. The molecule has 0 saturated carbocycles. The summed E-state index contributed by atoms with van der Waals surface area (Å²) in [6.07, 6.45) is 4.31. The van der Waals surface area contributed by atoms with Crippen molar-refractivity contribution in [3.8, 4) is 0 Å². The van der Waals surface area contributed by atoms with E-state index in [4.69, 9.17) is 12.2 Å². The van der Waals surface area contributed by atoms with Gasteiger partial charge in [-0.2, -0.15) is 5.10 Å². The molecule has 0 aliphatic carbocycles. The summed E-state index contributed by atoms with van der Waals surface area (Å²) in [5, 5.41) is 8.53. The first kappa shape index (κ1) is 16.6. The number of methoxy groups -OCH3 is 1. The Kier molecular flexibility index (Phi) is 5.37. The fourth-order valence-electron chi connectivity index (χ4n) is 1.85. The van der Waals surface area contributed by atoms with Crippen molar-refractivity contribution in [2.75, 3.05) is 12.4 Å². The van der Waals surface area contributed by atoms with Crippen LogP contribution in [0, 0.1) is 0 Å². The summed E-state index contributed by atoms with van der Waals surface area (Å²) in [5.74, 6) is -1.05. The fourth-order valence-corrected chi connectivity index (χ4v) is 2.11. The van der Waals surface area contributed by atoms with E-state index in [-0.39, 0.29) is 16.5 Å². The molecule has 1 aliphatic heterocycles. The molecule has 0 saturated heterocycles. The van der Waals surface area contributed by atoms with Crippen molar-refractivity contribution in [3.05, 3.63) is 54.3 Å². The number of benzene rings is 1. The van der Waals surface area contributed by atoms with Crippen molar-refractivity contribution in [2.24, 2.45) is 5.10 Å². The normalized spacial score (nSPS) is 15.9. The van der Waals surface area contributed by atoms with Crippen LogP contribution in [0.1, 0.15) is 6.92 Å². The van der Waals surface area contributed by atoms with Crippen LogP contribution in [0.5, 0.6) is 0 Å². The van der Waals surface area contributed by atoms with Crippen LogP contribution in [0.2, 0.25) is 0 Å². The molecule has 118 valence electrons. The lowest BCUT2D eigenvalue weighted by Crippen LogP contribution is -2.29. The topological polar surface area (TPSA) is 71.0 Å². The van der Waals surface area contributed by atoms with E-state index in [1.54, 1.807) is 19.1 Å². The van der Waals surface area contributed by atoms with Gasteiger partial charge in [0.2, 0.25) is 5.78 Å². The van der Waals surface area contributed by atoms with Crippen LogP contribution < -0.4 is 5.32 Å². The van der Waals surface area contributed by atoms with Gasteiger partial charge < -0.3 is 10.1 Å². The Morgan fingerprint density at radius 3 is 2.65 bits per heavy atom. The van der Waals surface area contributed by atoms with E-state index in [1.165, 1.54) is 12.1 Å². The van der Waals surface area contributed by atoms with Crippen molar-refractivity contribution in [1.82, 2.24) is 5.01 Å². The zero-order valence-electron chi connectivity index (χ0n) is 12.6. The number of para-hydroxylation sites is 1. The summed E-state index contributed by atoms with van der Waals surface area (Å²) < 4.78 is 4.58. The lowest BCUT2D eigenvalue weighted by atomic mass is 10.2. The van der Waals surface area contributed by atoms with Gasteiger partial charge in [0.25, 0.3) is 0 Å². The highest BCUT2D eigenvalue weighted by atomic mass is 32.1. The molecule has 0 radical (unpaired) electrons. The van der Waals surface area contributed by atoms with Gasteiger partial charge in [0, 0.05) is 5.69 Å². The van der Waals surface area contributed by atoms with E-state index in [9.17, 15) is 9.59 Å². The number of hydrogen-bond donors (Lipinski definition) is 1. The summed E-state index contributed by atoms with van der Waals surface area (Å²) in [7, 11) is 1.23. The molecule has 7 heteroatoms. The third-order valence-electron chi connectivity index (χ3n) is 2.90. The van der Waals surface area contributed by atoms with Gasteiger partial charge in [-0.05, 0) is 37.4 Å². The van der Waals surface area contributed by atoms with Crippen molar-refractivity contribution in [2.45, 2.75) is 6.92 Å². The zero-order valence-corrected chi connectivity index (χ0v) is 13.5. The first-order chi connectivity index (χ1) is 11.1. The minimum absolute atomic E-state index is 0.0402. The number of nitrogens with one attached hydrogen (secondary N) is 1. The van der Waals surface area contributed by atoms with Gasteiger partial charge in [0.1, 0.15) is 11.4 Å². The average molecular weight is 329 g/mol. The molecule has 1 aromatic rings. The smallest absolute Gasteiger partial charge is 0.332 e. The van der Waals surface area contributed by atoms with E-state index in [0.717, 1.165) is 11.8 Å². The van der Waals surface area contributed by atoms with Gasteiger partial charge >= 0.3 is 5.97 Å². The monoisotopic (exact) mass is 329 g/mol. The van der Waals surface area contributed by atoms with E-state index in [0.29, 0.717) is 0 Å². The Hall–Kier alpha value is -2.80. The Bertz CT molecular complexity index is 723. The van der Waals surface area contributed by atoms with Crippen LogP contribution in [-0.4, -0.2) is 34.7 Å². The van der Waals surface area contributed by atoms with E-state index in [1.807, 2.05) is 30.3 Å². The molecule has 0 atom stereocenters. The quantitative estimate of drug-likeness (QED) is 0.521. The van der Waals surface area contributed by atoms with Crippen molar-refractivity contribution in [3.63, 3.8) is 0 Å². The predicted molar refractivity (Wildman–Crippen MR) is 91.9 cm³/mol. The number of Topliss-reactive ketones (excluding diaryl/α,β-unsaturated/α-hetero) is 1. The molecule has 1 heterocycles. The highest BCUT2D eigenvalue weighted by molar-refractivity contribution is 7.80. The van der Waals surface area contributed by atoms with Crippen LogP contribution in [0.4, 0.5) is 5.69 Å². The lowest BCUT2D eigenvalue weighted by molar-refractivity contribution is -0.135. The molecule has 1 aliphatic rings. The molecule has 1 aromatic carbocycles. The van der Waals surface area contributed by atoms with Crippen LogP contribution in [0.3, 0.4) is 0 Å². The number of ether oxygens (including phenoxy) is 1. The molecular formula is C16H15N3O3S. The summed E-state index contributed by atoms with van der Waals surface area (Å²) in [6, 6.07) is 9.22. The number of esters is 1. The Labute approximate surface area is 139 Å². The zero-order chi connectivity index (χ0) is 16.8. The minimum atomic E-state index is -0.655. The Balaban J connectivity index is 2.31. The van der Waals surface area contributed by atoms with Crippen LogP contribution in [0.15, 0.2) is 59.4 Å². The average Bonchev–Trinajstić information content (AvgIpc) is 2.85. The van der Waals surface area contributed by atoms with E-state index < -0.39 is 11.8 Å². The number of thiocarbonyl (C=S) groups is 1. The maximum Gasteiger partial charge on any atom is 0.332 e. The molecule has 0 bridgehead atoms. The molecule has 0 fully saturated rings. The molecule has 2 rings (SSSR count). The predicted octanol–water partition coefficient (Wildman–Crippen LogP) is 2.26. The maximum absolute atomic E-state index is 12.3. The van der Waals surface area contributed by atoms with Crippen molar-refractivity contribution in [1.29, 1.82) is 0 Å². The number of rotatable bonds is 3. The van der Waals surface area contributed by atoms with Gasteiger partial charge in [-0.3, -0.25) is 4.79 Å². The summed E-state index contributed by atoms with van der Waals surface area (Å²) >= 11 is 5.29. The van der Waals surface area contributed by atoms with Crippen LogP contribution in [-0.2, 0) is 14.3 Å². The van der Waals surface area contributed by atoms with Gasteiger partial charge in [0.15, 0.2) is 5.11 Å². The molecule has 1 N–H and O–H groups in total. The van der Waals surface area contributed by atoms with E-state index in [2.05, 4.69) is 15.2 Å². The summed E-state index contributed by atoms with van der Waals surface area (Å²) in [5.41, 5.74) is 0.982. The second-order valence-corrected chi connectivity index (χ2v) is 4.86. The minimum Gasteiger partial charge on any atom is -0.466 e. The lowest BCUT2D eigenvalue weighted by Gasteiger charge is -2.17. The number of ketones is 1. The first-order valence-corrected chi connectivity index (χ1v) is 7.19. The number of hydrogen-bond acceptors (Lipinski definition) is 5. The first-order valence-electron chi connectivity index (χ1n) is 6.78. The molecule has 0 aromatic heterocycles. The van der Waals surface area contributed by atoms with Gasteiger partial charge in [-0.15, -0.1) is 0 Å².